The molecule has 0 aliphatic heterocycles. The molecule has 6 nitrogen and oxygen atoms in total. The average Bonchev–Trinajstić information content (AvgIpc) is 2.64. The average molecular weight is 349 g/mol. The Hall–Kier alpha value is -3.28. The minimum atomic E-state index is -0.694. The Kier molecular flexibility index (Phi) is 4.93. The molecule has 1 heterocycles. The monoisotopic (exact) mass is 349 g/mol. The molecule has 0 saturated carbocycles. The molecule has 2 aromatic carbocycles. The van der Waals surface area contributed by atoms with Crippen LogP contribution in [0.25, 0.3) is 10.9 Å². The first-order valence-corrected chi connectivity index (χ1v) is 8.39. The summed E-state index contributed by atoms with van der Waals surface area (Å²) >= 11 is 0. The van der Waals surface area contributed by atoms with E-state index < -0.39 is 6.04 Å². The number of carbonyl (C=O) groups excluding carboxylic acids is 2. The van der Waals surface area contributed by atoms with Crippen LogP contribution in [0.15, 0.2) is 59.7 Å². The summed E-state index contributed by atoms with van der Waals surface area (Å²) in [4.78, 5) is 41.2. The fraction of sp³-hybridized carbons (Fsp3) is 0.200. The maximum atomic E-state index is 12.7. The highest BCUT2D eigenvalue weighted by Gasteiger charge is 2.21. The van der Waals surface area contributed by atoms with Gasteiger partial charge in [-0.05, 0) is 37.6 Å². The lowest BCUT2D eigenvalue weighted by Gasteiger charge is -2.18. The van der Waals surface area contributed by atoms with Crippen molar-refractivity contribution in [1.82, 2.24) is 9.55 Å². The van der Waals surface area contributed by atoms with E-state index in [9.17, 15) is 14.4 Å². The van der Waals surface area contributed by atoms with Gasteiger partial charge in [0.05, 0.1) is 17.2 Å². The van der Waals surface area contributed by atoms with Gasteiger partial charge in [-0.1, -0.05) is 31.2 Å². The van der Waals surface area contributed by atoms with Crippen LogP contribution in [0, 0.1) is 0 Å². The second-order valence-corrected chi connectivity index (χ2v) is 6.02. The number of nitrogens with zero attached hydrogens (tertiary/aromatic N) is 2. The van der Waals surface area contributed by atoms with Gasteiger partial charge in [0.15, 0.2) is 5.78 Å². The summed E-state index contributed by atoms with van der Waals surface area (Å²) in [5, 5.41) is 3.26. The van der Waals surface area contributed by atoms with Gasteiger partial charge < -0.3 is 5.32 Å². The summed E-state index contributed by atoms with van der Waals surface area (Å²) in [5.74, 6) is -0.407. The number of carbonyl (C=O) groups is 2. The SMILES string of the molecule is CC[C@H](C(=O)Nc1cccc(C(C)=O)c1)n1cnc2ccccc2c1=O. The van der Waals surface area contributed by atoms with E-state index in [0.717, 1.165) is 0 Å². The minimum absolute atomic E-state index is 0.0805. The Balaban J connectivity index is 1.93. The molecule has 6 heteroatoms. The number of hydrogen-bond donors (Lipinski definition) is 1. The van der Waals surface area contributed by atoms with Gasteiger partial charge in [0.2, 0.25) is 5.91 Å². The van der Waals surface area contributed by atoms with Crippen molar-refractivity contribution in [1.29, 1.82) is 0 Å². The van der Waals surface area contributed by atoms with Crippen molar-refractivity contribution in [2.24, 2.45) is 0 Å². The maximum Gasteiger partial charge on any atom is 0.261 e. The number of aromatic nitrogens is 2. The first kappa shape index (κ1) is 17.5. The zero-order chi connectivity index (χ0) is 18.7. The summed E-state index contributed by atoms with van der Waals surface area (Å²) in [6.07, 6.45) is 1.84. The lowest BCUT2D eigenvalue weighted by atomic mass is 10.1. The number of ketones is 1. The van der Waals surface area contributed by atoms with Gasteiger partial charge in [-0.25, -0.2) is 4.98 Å². The molecule has 0 unspecified atom stereocenters. The first-order chi connectivity index (χ1) is 12.5. The van der Waals surface area contributed by atoms with Crippen LogP contribution in [-0.2, 0) is 4.79 Å². The molecule has 0 radical (unpaired) electrons. The lowest BCUT2D eigenvalue weighted by molar-refractivity contribution is -0.119. The van der Waals surface area contributed by atoms with E-state index in [4.69, 9.17) is 0 Å². The van der Waals surface area contributed by atoms with Crippen LogP contribution in [0.4, 0.5) is 5.69 Å². The number of hydrogen-bond acceptors (Lipinski definition) is 4. The molecule has 0 spiro atoms. The third kappa shape index (κ3) is 3.39. The van der Waals surface area contributed by atoms with Gasteiger partial charge in [-0.3, -0.25) is 19.0 Å². The van der Waals surface area contributed by atoms with Crippen LogP contribution in [0.5, 0.6) is 0 Å². The van der Waals surface area contributed by atoms with Gasteiger partial charge in [-0.2, -0.15) is 0 Å². The van der Waals surface area contributed by atoms with Crippen molar-refractivity contribution in [2.45, 2.75) is 26.3 Å². The van der Waals surface area contributed by atoms with Crippen LogP contribution in [0.2, 0.25) is 0 Å². The highest BCUT2D eigenvalue weighted by atomic mass is 16.2. The van der Waals surface area contributed by atoms with E-state index in [1.54, 1.807) is 42.5 Å². The molecule has 0 fully saturated rings. The predicted octanol–water partition coefficient (Wildman–Crippen LogP) is 3.19. The lowest BCUT2D eigenvalue weighted by Crippen LogP contribution is -2.33. The van der Waals surface area contributed by atoms with Gasteiger partial charge >= 0.3 is 0 Å². The highest BCUT2D eigenvalue weighted by molar-refractivity contribution is 5.98. The smallest absolute Gasteiger partial charge is 0.261 e. The summed E-state index contributed by atoms with van der Waals surface area (Å²) in [5.41, 5.74) is 1.37. The molecule has 26 heavy (non-hydrogen) atoms. The Morgan fingerprint density at radius 1 is 1.15 bits per heavy atom. The molecule has 1 aromatic heterocycles. The summed E-state index contributed by atoms with van der Waals surface area (Å²) in [6, 6.07) is 13.1. The van der Waals surface area contributed by atoms with E-state index in [2.05, 4.69) is 10.3 Å². The number of fused-ring (bicyclic) bond motifs is 1. The summed E-state index contributed by atoms with van der Waals surface area (Å²) in [7, 11) is 0. The molecule has 0 aliphatic rings. The molecule has 1 N–H and O–H groups in total. The van der Waals surface area contributed by atoms with Crippen LogP contribution in [-0.4, -0.2) is 21.2 Å². The van der Waals surface area contributed by atoms with Crippen molar-refractivity contribution in [3.8, 4) is 0 Å². The van der Waals surface area contributed by atoms with Crippen LogP contribution < -0.4 is 10.9 Å². The Bertz CT molecular complexity index is 1040. The third-order valence-electron chi connectivity index (χ3n) is 4.25. The normalized spacial score (nSPS) is 11.9. The van der Waals surface area contributed by atoms with E-state index in [-0.39, 0.29) is 17.2 Å². The second-order valence-electron chi connectivity index (χ2n) is 6.02. The van der Waals surface area contributed by atoms with Crippen molar-refractivity contribution in [3.63, 3.8) is 0 Å². The van der Waals surface area contributed by atoms with Crippen molar-refractivity contribution in [3.05, 3.63) is 70.8 Å². The third-order valence-corrected chi connectivity index (χ3v) is 4.25. The molecule has 0 saturated heterocycles. The fourth-order valence-corrected chi connectivity index (χ4v) is 2.85. The van der Waals surface area contributed by atoms with Crippen LogP contribution >= 0.6 is 0 Å². The van der Waals surface area contributed by atoms with Crippen molar-refractivity contribution in [2.75, 3.05) is 5.32 Å². The van der Waals surface area contributed by atoms with Gasteiger partial charge in [-0.15, -0.1) is 0 Å². The van der Waals surface area contributed by atoms with E-state index in [1.165, 1.54) is 17.8 Å². The molecule has 0 aliphatic carbocycles. The standard InChI is InChI=1S/C20H19N3O3/c1-3-18(19(25)22-15-8-6-7-14(11-15)13(2)24)23-12-21-17-10-5-4-9-16(17)20(23)26/h4-12,18H,3H2,1-2H3,(H,22,25)/t18-/m1/s1. The van der Waals surface area contributed by atoms with Crippen LogP contribution in [0.1, 0.15) is 36.7 Å². The quantitative estimate of drug-likeness (QED) is 0.717. The molecule has 3 rings (SSSR count). The fourth-order valence-electron chi connectivity index (χ4n) is 2.85. The Morgan fingerprint density at radius 2 is 1.92 bits per heavy atom. The number of Topliss-reactive ketones (excluding diaryl/α,β-unsaturated/α-hetero) is 1. The van der Waals surface area contributed by atoms with Gasteiger partial charge in [0.25, 0.3) is 5.56 Å². The minimum Gasteiger partial charge on any atom is -0.324 e. The number of rotatable bonds is 5. The Morgan fingerprint density at radius 3 is 2.65 bits per heavy atom. The molecular weight excluding hydrogens is 330 g/mol. The van der Waals surface area contributed by atoms with Crippen molar-refractivity contribution < 1.29 is 9.59 Å². The number of amides is 1. The molecule has 3 aromatic rings. The summed E-state index contributed by atoms with van der Waals surface area (Å²) < 4.78 is 1.35. The molecular formula is C20H19N3O3. The molecule has 0 bridgehead atoms. The van der Waals surface area contributed by atoms with Gasteiger partial charge in [0.1, 0.15) is 6.04 Å². The molecule has 1 atom stereocenters. The van der Waals surface area contributed by atoms with Gasteiger partial charge in [0, 0.05) is 11.3 Å². The Labute approximate surface area is 150 Å². The molecule has 132 valence electrons. The number of para-hydroxylation sites is 1. The summed E-state index contributed by atoms with van der Waals surface area (Å²) in [6.45, 7) is 3.30. The first-order valence-electron chi connectivity index (χ1n) is 8.39. The van der Waals surface area contributed by atoms with E-state index >= 15 is 0 Å². The zero-order valence-electron chi connectivity index (χ0n) is 14.6. The largest absolute Gasteiger partial charge is 0.324 e. The van der Waals surface area contributed by atoms with Crippen molar-refractivity contribution >= 4 is 28.3 Å². The zero-order valence-corrected chi connectivity index (χ0v) is 14.6. The molecule has 1 amide bonds. The second kappa shape index (κ2) is 7.31. The van der Waals surface area contributed by atoms with E-state index in [0.29, 0.717) is 28.6 Å². The number of nitrogens with one attached hydrogen (secondary N) is 1. The maximum absolute atomic E-state index is 12.7. The number of anilines is 1. The predicted molar refractivity (Wildman–Crippen MR) is 100 cm³/mol. The van der Waals surface area contributed by atoms with Crippen LogP contribution in [0.3, 0.4) is 0 Å². The highest BCUT2D eigenvalue weighted by Crippen LogP contribution is 2.17. The van der Waals surface area contributed by atoms with E-state index in [1.807, 2.05) is 13.0 Å². The number of benzene rings is 2. The topological polar surface area (TPSA) is 81.1 Å².